The number of primary amides is 1. The van der Waals surface area contributed by atoms with Gasteiger partial charge < -0.3 is 10.8 Å². The van der Waals surface area contributed by atoms with Crippen molar-refractivity contribution in [2.24, 2.45) is 5.73 Å². The molecular formula is C9H10ClNO2. The third kappa shape index (κ3) is 3.05. The molecule has 0 aliphatic carbocycles. The Morgan fingerprint density at radius 1 is 1.62 bits per heavy atom. The number of rotatable bonds is 3. The maximum atomic E-state index is 10.5. The molecule has 0 aliphatic heterocycles. The third-order valence-corrected chi connectivity index (χ3v) is 1.86. The summed E-state index contributed by atoms with van der Waals surface area (Å²) in [6.07, 6.45) is -0.948. The molecule has 0 fully saturated rings. The lowest BCUT2D eigenvalue weighted by molar-refractivity contribution is -0.119. The minimum Gasteiger partial charge on any atom is -0.388 e. The van der Waals surface area contributed by atoms with Crippen molar-refractivity contribution in [1.29, 1.82) is 0 Å². The Balaban J connectivity index is 2.76. The average Bonchev–Trinajstić information content (AvgIpc) is 2.03. The first-order chi connectivity index (χ1) is 6.09. The predicted octanol–water partition coefficient (Wildman–Crippen LogP) is 1.25. The molecule has 0 aromatic heterocycles. The lowest BCUT2D eigenvalue weighted by atomic mass is 10.1. The lowest BCUT2D eigenvalue weighted by Crippen LogP contribution is -2.14. The maximum Gasteiger partial charge on any atom is 0.220 e. The summed E-state index contributed by atoms with van der Waals surface area (Å²) in [5.74, 6) is -0.535. The van der Waals surface area contributed by atoms with Gasteiger partial charge in [-0.1, -0.05) is 23.7 Å². The van der Waals surface area contributed by atoms with Crippen LogP contribution in [0.1, 0.15) is 18.1 Å². The topological polar surface area (TPSA) is 63.3 Å². The van der Waals surface area contributed by atoms with Crippen molar-refractivity contribution in [3.05, 3.63) is 34.9 Å². The van der Waals surface area contributed by atoms with Gasteiger partial charge in [0.15, 0.2) is 0 Å². The van der Waals surface area contributed by atoms with E-state index in [1.54, 1.807) is 24.3 Å². The number of hydrogen-bond acceptors (Lipinski definition) is 2. The van der Waals surface area contributed by atoms with Gasteiger partial charge in [-0.3, -0.25) is 4.79 Å². The van der Waals surface area contributed by atoms with Crippen LogP contribution in [0.25, 0.3) is 0 Å². The Morgan fingerprint density at radius 2 is 2.31 bits per heavy atom. The number of amides is 1. The molecule has 0 saturated carbocycles. The minimum atomic E-state index is -0.865. The van der Waals surface area contributed by atoms with E-state index < -0.39 is 12.0 Å². The quantitative estimate of drug-likeness (QED) is 0.770. The molecule has 0 aliphatic rings. The molecule has 0 spiro atoms. The van der Waals surface area contributed by atoms with Crippen molar-refractivity contribution in [3.8, 4) is 0 Å². The van der Waals surface area contributed by atoms with E-state index in [-0.39, 0.29) is 6.42 Å². The summed E-state index contributed by atoms with van der Waals surface area (Å²) in [6.45, 7) is 0. The highest BCUT2D eigenvalue weighted by atomic mass is 35.5. The molecule has 0 radical (unpaired) electrons. The van der Waals surface area contributed by atoms with E-state index in [0.29, 0.717) is 10.6 Å². The van der Waals surface area contributed by atoms with Gasteiger partial charge in [-0.2, -0.15) is 0 Å². The molecule has 0 heterocycles. The summed E-state index contributed by atoms with van der Waals surface area (Å²) in [5.41, 5.74) is 5.54. The second kappa shape index (κ2) is 4.25. The monoisotopic (exact) mass is 199 g/mol. The van der Waals surface area contributed by atoms with Crippen molar-refractivity contribution in [3.63, 3.8) is 0 Å². The van der Waals surface area contributed by atoms with Crippen molar-refractivity contribution in [2.75, 3.05) is 0 Å². The van der Waals surface area contributed by atoms with Crippen molar-refractivity contribution in [1.82, 2.24) is 0 Å². The zero-order chi connectivity index (χ0) is 9.84. The van der Waals surface area contributed by atoms with Gasteiger partial charge in [0, 0.05) is 5.02 Å². The smallest absolute Gasteiger partial charge is 0.220 e. The predicted molar refractivity (Wildman–Crippen MR) is 50.2 cm³/mol. The molecule has 1 rings (SSSR count). The number of aliphatic hydroxyl groups excluding tert-OH is 1. The summed E-state index contributed by atoms with van der Waals surface area (Å²) >= 11 is 5.70. The van der Waals surface area contributed by atoms with E-state index in [9.17, 15) is 9.90 Å². The zero-order valence-corrected chi connectivity index (χ0v) is 7.66. The minimum absolute atomic E-state index is 0.0830. The fourth-order valence-corrected chi connectivity index (χ4v) is 1.22. The second-order valence-electron chi connectivity index (χ2n) is 2.74. The van der Waals surface area contributed by atoms with Crippen molar-refractivity contribution < 1.29 is 9.90 Å². The van der Waals surface area contributed by atoms with E-state index in [0.717, 1.165) is 0 Å². The Bertz CT molecular complexity index is 314. The Labute approximate surface area is 81.1 Å². The van der Waals surface area contributed by atoms with Crippen molar-refractivity contribution in [2.45, 2.75) is 12.5 Å². The fourth-order valence-electron chi connectivity index (χ4n) is 1.02. The maximum absolute atomic E-state index is 10.5. The highest BCUT2D eigenvalue weighted by Crippen LogP contribution is 2.19. The van der Waals surface area contributed by atoms with Gasteiger partial charge in [0.2, 0.25) is 5.91 Å². The van der Waals surface area contributed by atoms with Gasteiger partial charge >= 0.3 is 0 Å². The molecule has 3 N–H and O–H groups in total. The van der Waals surface area contributed by atoms with Gasteiger partial charge in [-0.15, -0.1) is 0 Å². The lowest BCUT2D eigenvalue weighted by Gasteiger charge is -2.08. The van der Waals surface area contributed by atoms with Crippen LogP contribution >= 0.6 is 11.6 Å². The molecule has 1 aromatic rings. The molecule has 13 heavy (non-hydrogen) atoms. The molecule has 4 heteroatoms. The Hall–Kier alpha value is -1.06. The van der Waals surface area contributed by atoms with Crippen LogP contribution in [-0.4, -0.2) is 11.0 Å². The third-order valence-electron chi connectivity index (χ3n) is 1.63. The molecular weight excluding hydrogens is 190 g/mol. The van der Waals surface area contributed by atoms with E-state index in [1.165, 1.54) is 0 Å². The fraction of sp³-hybridized carbons (Fsp3) is 0.222. The second-order valence-corrected chi connectivity index (χ2v) is 3.18. The van der Waals surface area contributed by atoms with Gasteiger partial charge in [-0.25, -0.2) is 0 Å². The Kier molecular flexibility index (Phi) is 3.28. The van der Waals surface area contributed by atoms with Crippen LogP contribution in [0, 0.1) is 0 Å². The number of aliphatic hydroxyl groups is 1. The van der Waals surface area contributed by atoms with Crippen LogP contribution in [-0.2, 0) is 4.79 Å². The molecule has 0 unspecified atom stereocenters. The van der Waals surface area contributed by atoms with E-state index in [4.69, 9.17) is 17.3 Å². The van der Waals surface area contributed by atoms with Crippen LogP contribution < -0.4 is 5.73 Å². The summed E-state index contributed by atoms with van der Waals surface area (Å²) in [7, 11) is 0. The van der Waals surface area contributed by atoms with E-state index in [2.05, 4.69) is 0 Å². The average molecular weight is 200 g/mol. The number of halogens is 1. The van der Waals surface area contributed by atoms with Gasteiger partial charge in [0.1, 0.15) is 0 Å². The zero-order valence-electron chi connectivity index (χ0n) is 6.90. The molecule has 0 bridgehead atoms. The summed E-state index contributed by atoms with van der Waals surface area (Å²) in [5, 5.41) is 9.98. The van der Waals surface area contributed by atoms with Crippen LogP contribution in [0.5, 0.6) is 0 Å². The highest BCUT2D eigenvalue weighted by molar-refractivity contribution is 6.30. The number of benzene rings is 1. The first-order valence-electron chi connectivity index (χ1n) is 3.81. The molecule has 1 atom stereocenters. The van der Waals surface area contributed by atoms with Crippen LogP contribution in [0.3, 0.4) is 0 Å². The largest absolute Gasteiger partial charge is 0.388 e. The highest BCUT2D eigenvalue weighted by Gasteiger charge is 2.10. The van der Waals surface area contributed by atoms with Crippen molar-refractivity contribution >= 4 is 17.5 Å². The molecule has 0 saturated heterocycles. The number of carbonyl (C=O) groups excluding carboxylic acids is 1. The van der Waals surface area contributed by atoms with Crippen LogP contribution in [0.2, 0.25) is 5.02 Å². The normalized spacial score (nSPS) is 12.5. The van der Waals surface area contributed by atoms with E-state index >= 15 is 0 Å². The summed E-state index contributed by atoms with van der Waals surface area (Å²) in [4.78, 5) is 10.5. The van der Waals surface area contributed by atoms with Gasteiger partial charge in [0.05, 0.1) is 12.5 Å². The van der Waals surface area contributed by atoms with Crippen LogP contribution in [0.15, 0.2) is 24.3 Å². The first kappa shape index (κ1) is 10.0. The Morgan fingerprint density at radius 3 is 2.85 bits per heavy atom. The molecule has 3 nitrogen and oxygen atoms in total. The molecule has 1 aromatic carbocycles. The van der Waals surface area contributed by atoms with E-state index in [1.807, 2.05) is 0 Å². The van der Waals surface area contributed by atoms with Gasteiger partial charge in [-0.05, 0) is 17.7 Å². The molecule has 1 amide bonds. The first-order valence-corrected chi connectivity index (χ1v) is 4.19. The van der Waals surface area contributed by atoms with Gasteiger partial charge in [0.25, 0.3) is 0 Å². The number of nitrogens with two attached hydrogens (primary N) is 1. The summed E-state index contributed by atoms with van der Waals surface area (Å²) in [6, 6.07) is 6.71. The van der Waals surface area contributed by atoms with Crippen LogP contribution in [0.4, 0.5) is 0 Å². The standard InChI is InChI=1S/C9H10ClNO2/c10-7-3-1-2-6(4-7)8(12)5-9(11)13/h1-4,8,12H,5H2,(H2,11,13)/t8-/m0/s1. The number of hydrogen-bond donors (Lipinski definition) is 2. The molecule has 70 valence electrons. The summed E-state index contributed by atoms with van der Waals surface area (Å²) < 4.78 is 0. The SMILES string of the molecule is NC(=O)C[C@H](O)c1cccc(Cl)c1. The number of carbonyl (C=O) groups is 1.